The van der Waals surface area contributed by atoms with Gasteiger partial charge in [0.25, 0.3) is 0 Å². The average Bonchev–Trinajstić information content (AvgIpc) is 3.28. The van der Waals surface area contributed by atoms with Gasteiger partial charge in [0.1, 0.15) is 0 Å². The van der Waals surface area contributed by atoms with Gasteiger partial charge in [-0.25, -0.2) is 0 Å². The van der Waals surface area contributed by atoms with Crippen LogP contribution in [0, 0.1) is 35.5 Å². The van der Waals surface area contributed by atoms with Gasteiger partial charge in [-0.2, -0.15) is 0 Å². The van der Waals surface area contributed by atoms with Crippen molar-refractivity contribution in [1.29, 1.82) is 0 Å². The van der Waals surface area contributed by atoms with Crippen molar-refractivity contribution in [2.75, 3.05) is 28.3 Å². The van der Waals surface area contributed by atoms with E-state index < -0.39 is 0 Å². The molecule has 0 radical (unpaired) electrons. The van der Waals surface area contributed by atoms with Crippen molar-refractivity contribution in [1.82, 2.24) is 4.90 Å². The number of rotatable bonds is 8. The van der Waals surface area contributed by atoms with Crippen molar-refractivity contribution in [3.8, 4) is 0 Å². The first-order valence-electron chi connectivity index (χ1n) is 15.8. The molecule has 0 aromatic heterocycles. The quantitative estimate of drug-likeness (QED) is 0.302. The van der Waals surface area contributed by atoms with Gasteiger partial charge in [0.05, 0.1) is 12.2 Å². The van der Waals surface area contributed by atoms with Crippen LogP contribution >= 0.6 is 7.92 Å². The van der Waals surface area contributed by atoms with Crippen molar-refractivity contribution in [3.05, 3.63) is 0 Å². The predicted molar refractivity (Wildman–Crippen MR) is 156 cm³/mol. The fourth-order valence-electron chi connectivity index (χ4n) is 10.2. The SMILES string of the molecule is COC1C(C)CC(P(C2CC(C)C(OC)[C@@H](C)C2)[C@H]2CCC[C@H]2C(C2CCCCC2)N(C)C)C[C@@H]1C. The molecular formula is C32H60NO2P. The Balaban J connectivity index is 1.64. The van der Waals surface area contributed by atoms with Crippen LogP contribution in [0.5, 0.6) is 0 Å². The van der Waals surface area contributed by atoms with E-state index >= 15 is 0 Å². The largest absolute Gasteiger partial charge is 0.381 e. The highest BCUT2D eigenvalue weighted by Gasteiger charge is 2.50. The second kappa shape index (κ2) is 13.1. The van der Waals surface area contributed by atoms with Crippen LogP contribution in [0.25, 0.3) is 0 Å². The average molecular weight is 522 g/mol. The molecule has 0 aromatic rings. The molecule has 0 heterocycles. The van der Waals surface area contributed by atoms with E-state index in [9.17, 15) is 0 Å². The summed E-state index contributed by atoms with van der Waals surface area (Å²) >= 11 is 0. The molecular weight excluding hydrogens is 461 g/mol. The van der Waals surface area contributed by atoms with Crippen LogP contribution in [-0.2, 0) is 9.47 Å². The summed E-state index contributed by atoms with van der Waals surface area (Å²) in [4.78, 5) is 2.69. The van der Waals surface area contributed by atoms with Gasteiger partial charge in [-0.3, -0.25) is 0 Å². The summed E-state index contributed by atoms with van der Waals surface area (Å²) < 4.78 is 12.1. The van der Waals surface area contributed by atoms with Crippen molar-refractivity contribution in [2.24, 2.45) is 35.5 Å². The molecule has 0 bridgehead atoms. The van der Waals surface area contributed by atoms with Crippen molar-refractivity contribution in [3.63, 3.8) is 0 Å². The first-order chi connectivity index (χ1) is 17.3. The van der Waals surface area contributed by atoms with E-state index in [4.69, 9.17) is 9.47 Å². The molecule has 0 aliphatic heterocycles. The molecule has 210 valence electrons. The summed E-state index contributed by atoms with van der Waals surface area (Å²) in [5.74, 6) is 4.64. The topological polar surface area (TPSA) is 21.7 Å². The molecule has 4 saturated carbocycles. The summed E-state index contributed by atoms with van der Waals surface area (Å²) in [6.07, 6.45) is 18.3. The number of hydrogen-bond donors (Lipinski definition) is 0. The summed E-state index contributed by atoms with van der Waals surface area (Å²) in [5, 5.41) is 0. The molecule has 3 nitrogen and oxygen atoms in total. The van der Waals surface area contributed by atoms with E-state index in [1.54, 1.807) is 0 Å². The maximum atomic E-state index is 6.03. The summed E-state index contributed by atoms with van der Waals surface area (Å²) in [7, 11) is 8.73. The van der Waals surface area contributed by atoms with E-state index in [2.05, 4.69) is 46.7 Å². The second-order valence-corrected chi connectivity index (χ2v) is 17.0. The molecule has 11 atom stereocenters. The van der Waals surface area contributed by atoms with Gasteiger partial charge in [-0.05, 0) is 118 Å². The lowest BCUT2D eigenvalue weighted by Gasteiger charge is -2.52. The van der Waals surface area contributed by atoms with Gasteiger partial charge >= 0.3 is 0 Å². The lowest BCUT2D eigenvalue weighted by atomic mass is 9.77. The number of hydrogen-bond acceptors (Lipinski definition) is 3. The predicted octanol–water partition coefficient (Wildman–Crippen LogP) is 8.05. The van der Waals surface area contributed by atoms with Gasteiger partial charge in [0, 0.05) is 20.3 Å². The molecule has 7 unspecified atom stereocenters. The Morgan fingerprint density at radius 2 is 1.11 bits per heavy atom. The molecule has 4 aliphatic carbocycles. The Labute approximate surface area is 226 Å². The Bertz CT molecular complexity index is 611. The number of methoxy groups -OCH3 is 2. The van der Waals surface area contributed by atoms with Crippen LogP contribution in [0.15, 0.2) is 0 Å². The fourth-order valence-corrected chi connectivity index (χ4v) is 15.4. The maximum Gasteiger partial charge on any atom is 0.0622 e. The van der Waals surface area contributed by atoms with E-state index in [1.165, 1.54) is 77.0 Å². The van der Waals surface area contributed by atoms with Crippen LogP contribution in [0.2, 0.25) is 0 Å². The normalized spacial score (nSPS) is 44.6. The monoisotopic (exact) mass is 521 g/mol. The molecule has 0 N–H and O–H groups in total. The minimum Gasteiger partial charge on any atom is -0.381 e. The summed E-state index contributed by atoms with van der Waals surface area (Å²) in [5.41, 5.74) is 2.83. The second-order valence-electron chi connectivity index (χ2n) is 14.0. The summed E-state index contributed by atoms with van der Waals surface area (Å²) in [6, 6.07) is 0.804. The Morgan fingerprint density at radius 1 is 0.639 bits per heavy atom. The van der Waals surface area contributed by atoms with Gasteiger partial charge < -0.3 is 14.4 Å². The fraction of sp³-hybridized carbons (Fsp3) is 1.00. The maximum absolute atomic E-state index is 6.03. The zero-order valence-electron chi connectivity index (χ0n) is 25.1. The van der Waals surface area contributed by atoms with Crippen molar-refractivity contribution < 1.29 is 9.47 Å². The molecule has 0 amide bonds. The highest BCUT2D eigenvalue weighted by molar-refractivity contribution is 7.60. The van der Waals surface area contributed by atoms with Gasteiger partial charge in [0.2, 0.25) is 0 Å². The molecule has 4 aliphatic rings. The van der Waals surface area contributed by atoms with E-state index in [1.807, 2.05) is 14.2 Å². The number of nitrogens with zero attached hydrogens (tertiary/aromatic N) is 1. The van der Waals surface area contributed by atoms with Crippen LogP contribution in [-0.4, -0.2) is 68.4 Å². The van der Waals surface area contributed by atoms with Gasteiger partial charge in [-0.15, -0.1) is 0 Å². The van der Waals surface area contributed by atoms with E-state index in [0.29, 0.717) is 35.9 Å². The molecule has 4 heteroatoms. The third-order valence-corrected chi connectivity index (χ3v) is 15.2. The third kappa shape index (κ3) is 6.21. The van der Waals surface area contributed by atoms with Crippen LogP contribution in [0.3, 0.4) is 0 Å². The van der Waals surface area contributed by atoms with Crippen molar-refractivity contribution >= 4 is 7.92 Å². The smallest absolute Gasteiger partial charge is 0.0622 e. The highest BCUT2D eigenvalue weighted by Crippen LogP contribution is 2.66. The first kappa shape index (κ1) is 29.3. The van der Waals surface area contributed by atoms with E-state index in [0.717, 1.165) is 34.9 Å². The molecule has 4 rings (SSSR count). The first-order valence-corrected chi connectivity index (χ1v) is 17.3. The van der Waals surface area contributed by atoms with Gasteiger partial charge in [0.15, 0.2) is 0 Å². The van der Waals surface area contributed by atoms with Crippen LogP contribution in [0.4, 0.5) is 0 Å². The third-order valence-electron chi connectivity index (χ3n) is 11.3. The molecule has 0 saturated heterocycles. The lowest BCUT2D eigenvalue weighted by molar-refractivity contribution is -0.00903. The Hall–Kier alpha value is 0.310. The van der Waals surface area contributed by atoms with Crippen molar-refractivity contribution in [2.45, 2.75) is 140 Å². The van der Waals surface area contributed by atoms with E-state index in [-0.39, 0.29) is 7.92 Å². The van der Waals surface area contributed by atoms with Crippen LogP contribution < -0.4 is 0 Å². The highest BCUT2D eigenvalue weighted by atomic mass is 31.1. The Kier molecular flexibility index (Phi) is 10.7. The van der Waals surface area contributed by atoms with Crippen LogP contribution in [0.1, 0.15) is 105 Å². The van der Waals surface area contributed by atoms with Gasteiger partial charge in [-0.1, -0.05) is 61.3 Å². The Morgan fingerprint density at radius 3 is 1.53 bits per heavy atom. The zero-order chi connectivity index (χ0) is 26.0. The zero-order valence-corrected chi connectivity index (χ0v) is 26.0. The number of ether oxygens (including phenoxy) is 2. The minimum absolute atomic E-state index is 0.00807. The molecule has 0 spiro atoms. The molecule has 4 fully saturated rings. The lowest BCUT2D eigenvalue weighted by Crippen LogP contribution is -2.47. The molecule has 0 aromatic carbocycles. The standard InChI is InChI=1S/C32H60NO2P/c1-21-17-26(18-22(2)31(21)34-7)36(27-19-23(3)32(35-8)24(4)20-27)29-16-12-15-28(29)30(33(5)6)25-13-10-9-11-14-25/h21-32H,9-20H2,1-8H3/t21-,22?,23-,24?,26?,27?,28+,29-,30?,31?,32?,36?/m0/s1. The molecule has 36 heavy (non-hydrogen) atoms. The summed E-state index contributed by atoms with van der Waals surface area (Å²) in [6.45, 7) is 9.98. The minimum atomic E-state index is -0.00807.